The number of halogens is 3. The van der Waals surface area contributed by atoms with Gasteiger partial charge < -0.3 is 0 Å². The van der Waals surface area contributed by atoms with Gasteiger partial charge in [-0.1, -0.05) is 43.3 Å². The molecule has 0 saturated heterocycles. The quantitative estimate of drug-likeness (QED) is 0.444. The standard InChI is InChI=1S/C21H18F3N3/c1-3-10-27-20-19(13(2)26-27)17(21(22,23)24)12-18(25-20)16-9-8-14-6-4-5-7-15(14)11-16/h4-9,11-12H,3,10H2,1-2H3. The van der Waals surface area contributed by atoms with Crippen molar-refractivity contribution in [3.63, 3.8) is 0 Å². The number of aryl methyl sites for hydroxylation is 2. The lowest BCUT2D eigenvalue weighted by Crippen LogP contribution is -2.08. The molecule has 3 nitrogen and oxygen atoms in total. The summed E-state index contributed by atoms with van der Waals surface area (Å²) < 4.78 is 42.9. The van der Waals surface area contributed by atoms with E-state index in [9.17, 15) is 13.2 Å². The molecule has 0 unspecified atom stereocenters. The van der Waals surface area contributed by atoms with E-state index in [1.165, 1.54) is 0 Å². The third-order valence-corrected chi connectivity index (χ3v) is 4.66. The van der Waals surface area contributed by atoms with Crippen LogP contribution in [-0.4, -0.2) is 14.8 Å². The van der Waals surface area contributed by atoms with Gasteiger partial charge in [0.1, 0.15) is 0 Å². The van der Waals surface area contributed by atoms with E-state index in [1.807, 2.05) is 49.4 Å². The van der Waals surface area contributed by atoms with Crippen molar-refractivity contribution in [2.24, 2.45) is 0 Å². The highest BCUT2D eigenvalue weighted by Gasteiger charge is 2.35. The fraction of sp³-hybridized carbons (Fsp3) is 0.238. The van der Waals surface area contributed by atoms with Gasteiger partial charge in [-0.15, -0.1) is 0 Å². The number of nitrogens with zero attached hydrogens (tertiary/aromatic N) is 3. The van der Waals surface area contributed by atoms with Crippen molar-refractivity contribution in [2.75, 3.05) is 0 Å². The lowest BCUT2D eigenvalue weighted by molar-refractivity contribution is -0.136. The maximum atomic E-state index is 13.8. The van der Waals surface area contributed by atoms with Gasteiger partial charge in [-0.3, -0.25) is 0 Å². The van der Waals surface area contributed by atoms with Gasteiger partial charge in [0, 0.05) is 12.1 Å². The molecule has 27 heavy (non-hydrogen) atoms. The predicted octanol–water partition coefficient (Wildman–Crippen LogP) is 5.99. The Bertz CT molecular complexity index is 1140. The lowest BCUT2D eigenvalue weighted by atomic mass is 10.0. The molecule has 0 aliphatic heterocycles. The Labute approximate surface area is 154 Å². The molecule has 2 aromatic carbocycles. The molecular weight excluding hydrogens is 351 g/mol. The van der Waals surface area contributed by atoms with Crippen molar-refractivity contribution in [3.05, 3.63) is 59.8 Å². The van der Waals surface area contributed by atoms with Crippen molar-refractivity contribution >= 4 is 21.8 Å². The van der Waals surface area contributed by atoms with Gasteiger partial charge >= 0.3 is 6.18 Å². The summed E-state index contributed by atoms with van der Waals surface area (Å²) in [6, 6.07) is 14.5. The molecular formula is C21H18F3N3. The number of hydrogen-bond acceptors (Lipinski definition) is 2. The summed E-state index contributed by atoms with van der Waals surface area (Å²) in [6.07, 6.45) is -3.71. The molecule has 0 saturated carbocycles. The number of hydrogen-bond donors (Lipinski definition) is 0. The van der Waals surface area contributed by atoms with Crippen molar-refractivity contribution in [1.29, 1.82) is 0 Å². The fourth-order valence-corrected chi connectivity index (χ4v) is 3.44. The molecule has 0 atom stereocenters. The predicted molar refractivity (Wildman–Crippen MR) is 101 cm³/mol. The number of pyridine rings is 1. The second-order valence-electron chi connectivity index (χ2n) is 6.62. The zero-order valence-corrected chi connectivity index (χ0v) is 15.0. The molecule has 6 heteroatoms. The Morgan fingerprint density at radius 1 is 1.00 bits per heavy atom. The Hall–Kier alpha value is -2.89. The van der Waals surface area contributed by atoms with Gasteiger partial charge in [0.05, 0.1) is 22.3 Å². The van der Waals surface area contributed by atoms with E-state index in [2.05, 4.69) is 10.1 Å². The molecule has 4 aromatic rings. The highest BCUT2D eigenvalue weighted by atomic mass is 19.4. The first-order valence-electron chi connectivity index (χ1n) is 8.83. The van der Waals surface area contributed by atoms with Gasteiger partial charge in [-0.25, -0.2) is 9.67 Å². The van der Waals surface area contributed by atoms with Crippen LogP contribution in [0.2, 0.25) is 0 Å². The minimum absolute atomic E-state index is 0.0838. The van der Waals surface area contributed by atoms with Crippen LogP contribution in [0.4, 0.5) is 13.2 Å². The van der Waals surface area contributed by atoms with Crippen LogP contribution < -0.4 is 0 Å². The summed E-state index contributed by atoms with van der Waals surface area (Å²) in [7, 11) is 0. The van der Waals surface area contributed by atoms with E-state index in [0.29, 0.717) is 23.5 Å². The molecule has 0 fully saturated rings. The number of rotatable bonds is 3. The fourth-order valence-electron chi connectivity index (χ4n) is 3.44. The molecule has 2 heterocycles. The highest BCUT2D eigenvalue weighted by molar-refractivity contribution is 5.89. The van der Waals surface area contributed by atoms with Gasteiger partial charge in [-0.2, -0.15) is 18.3 Å². The molecule has 0 aliphatic rings. The SMILES string of the molecule is CCCn1nc(C)c2c(C(F)(F)F)cc(-c3ccc4ccccc4c3)nc21. The van der Waals surface area contributed by atoms with Gasteiger partial charge in [0.25, 0.3) is 0 Å². The van der Waals surface area contributed by atoms with Crippen LogP contribution in [0.3, 0.4) is 0 Å². The smallest absolute Gasteiger partial charge is 0.247 e. The van der Waals surface area contributed by atoms with E-state index < -0.39 is 11.7 Å². The van der Waals surface area contributed by atoms with Gasteiger partial charge in [0.2, 0.25) is 0 Å². The van der Waals surface area contributed by atoms with E-state index >= 15 is 0 Å². The van der Waals surface area contributed by atoms with Crippen LogP contribution >= 0.6 is 0 Å². The average molecular weight is 369 g/mol. The van der Waals surface area contributed by atoms with Crippen LogP contribution in [0.25, 0.3) is 33.1 Å². The summed E-state index contributed by atoms with van der Waals surface area (Å²) in [5, 5.41) is 6.37. The van der Waals surface area contributed by atoms with E-state index in [-0.39, 0.29) is 11.0 Å². The van der Waals surface area contributed by atoms with Crippen molar-refractivity contribution < 1.29 is 13.2 Å². The monoisotopic (exact) mass is 369 g/mol. The maximum Gasteiger partial charge on any atom is 0.417 e. The zero-order chi connectivity index (χ0) is 19.2. The zero-order valence-electron chi connectivity index (χ0n) is 15.0. The van der Waals surface area contributed by atoms with Crippen LogP contribution in [0.15, 0.2) is 48.5 Å². The number of benzene rings is 2. The first kappa shape index (κ1) is 17.5. The van der Waals surface area contributed by atoms with Crippen LogP contribution in [0.1, 0.15) is 24.6 Å². The minimum atomic E-state index is -4.47. The molecule has 4 rings (SSSR count). The second-order valence-corrected chi connectivity index (χ2v) is 6.62. The molecule has 0 radical (unpaired) electrons. The third kappa shape index (κ3) is 3.05. The normalized spacial score (nSPS) is 12.2. The molecule has 138 valence electrons. The van der Waals surface area contributed by atoms with Gasteiger partial charge in [-0.05, 0) is 36.2 Å². The van der Waals surface area contributed by atoms with Crippen LogP contribution in [0.5, 0.6) is 0 Å². The molecule has 2 aromatic heterocycles. The Morgan fingerprint density at radius 3 is 2.44 bits per heavy atom. The summed E-state index contributed by atoms with van der Waals surface area (Å²) in [6.45, 7) is 4.08. The topological polar surface area (TPSA) is 30.7 Å². The Morgan fingerprint density at radius 2 is 1.74 bits per heavy atom. The van der Waals surface area contributed by atoms with Crippen LogP contribution in [0, 0.1) is 6.92 Å². The summed E-state index contributed by atoms with van der Waals surface area (Å²) >= 11 is 0. The molecule has 0 bridgehead atoms. The van der Waals surface area contributed by atoms with Gasteiger partial charge in [0.15, 0.2) is 5.65 Å². The number of aromatic nitrogens is 3. The first-order chi connectivity index (χ1) is 12.9. The number of fused-ring (bicyclic) bond motifs is 2. The summed E-state index contributed by atoms with van der Waals surface area (Å²) in [4.78, 5) is 4.57. The van der Waals surface area contributed by atoms with Crippen LogP contribution in [-0.2, 0) is 12.7 Å². The second kappa shape index (κ2) is 6.37. The van der Waals surface area contributed by atoms with Crippen molar-refractivity contribution in [2.45, 2.75) is 33.0 Å². The van der Waals surface area contributed by atoms with Crippen molar-refractivity contribution in [3.8, 4) is 11.3 Å². The molecule has 0 aliphatic carbocycles. The van der Waals surface area contributed by atoms with E-state index in [0.717, 1.165) is 23.3 Å². The third-order valence-electron chi connectivity index (χ3n) is 4.66. The average Bonchev–Trinajstić information content (AvgIpc) is 2.96. The molecule has 0 N–H and O–H groups in total. The number of alkyl halides is 3. The van der Waals surface area contributed by atoms with E-state index in [1.54, 1.807) is 11.6 Å². The summed E-state index contributed by atoms with van der Waals surface area (Å²) in [5.41, 5.74) is 0.909. The first-order valence-corrected chi connectivity index (χ1v) is 8.83. The maximum absolute atomic E-state index is 13.8. The highest BCUT2D eigenvalue weighted by Crippen LogP contribution is 2.38. The largest absolute Gasteiger partial charge is 0.417 e. The Kier molecular flexibility index (Phi) is 4.13. The van der Waals surface area contributed by atoms with Crippen molar-refractivity contribution in [1.82, 2.24) is 14.8 Å². The summed E-state index contributed by atoms with van der Waals surface area (Å²) in [5.74, 6) is 0. The molecule has 0 amide bonds. The lowest BCUT2D eigenvalue weighted by Gasteiger charge is -2.12. The Balaban J connectivity index is 2.01. The minimum Gasteiger partial charge on any atom is -0.247 e. The molecule has 0 spiro atoms. The van der Waals surface area contributed by atoms with E-state index in [4.69, 9.17) is 0 Å².